The highest BCUT2D eigenvalue weighted by atomic mass is 35.5. The summed E-state index contributed by atoms with van der Waals surface area (Å²) in [7, 11) is -3.70. The Balaban J connectivity index is 2.35. The minimum Gasteiger partial charge on any atom is -0.409 e. The van der Waals surface area contributed by atoms with Gasteiger partial charge in [0.1, 0.15) is 0 Å². The van der Waals surface area contributed by atoms with E-state index in [9.17, 15) is 8.42 Å². The van der Waals surface area contributed by atoms with Gasteiger partial charge >= 0.3 is 0 Å². The number of amidine groups is 1. The van der Waals surface area contributed by atoms with Crippen molar-refractivity contribution in [2.24, 2.45) is 10.9 Å². The van der Waals surface area contributed by atoms with E-state index < -0.39 is 10.0 Å². The maximum Gasteiger partial charge on any atom is 0.243 e. The summed E-state index contributed by atoms with van der Waals surface area (Å²) in [5, 5.41) is 12.1. The smallest absolute Gasteiger partial charge is 0.243 e. The Bertz CT molecular complexity index is 610. The molecule has 0 atom stereocenters. The SMILES string of the molecule is NC(CN(C1CCCC1)S(=O)(=O)c1ccc(Cl)cc1)=NO. The molecule has 21 heavy (non-hydrogen) atoms. The number of sulfonamides is 1. The average Bonchev–Trinajstić information content (AvgIpc) is 2.98. The molecule has 0 heterocycles. The minimum atomic E-state index is -3.70. The maximum absolute atomic E-state index is 12.8. The fourth-order valence-electron chi connectivity index (χ4n) is 2.54. The van der Waals surface area contributed by atoms with Gasteiger partial charge in [0.25, 0.3) is 0 Å². The predicted octanol–water partition coefficient (Wildman–Crippen LogP) is 2.02. The zero-order valence-corrected chi connectivity index (χ0v) is 13.0. The first-order valence-electron chi connectivity index (χ1n) is 6.69. The quantitative estimate of drug-likeness (QED) is 0.373. The van der Waals surface area contributed by atoms with Crippen LogP contribution >= 0.6 is 11.6 Å². The Morgan fingerprint density at radius 1 is 1.33 bits per heavy atom. The van der Waals surface area contributed by atoms with Crippen molar-refractivity contribution in [2.45, 2.75) is 36.6 Å². The molecule has 1 saturated carbocycles. The van der Waals surface area contributed by atoms with Gasteiger partial charge in [-0.05, 0) is 37.1 Å². The molecular formula is C13H18ClN3O3S. The molecule has 0 unspecified atom stereocenters. The Hall–Kier alpha value is -1.31. The Kier molecular flexibility index (Phi) is 5.08. The average molecular weight is 332 g/mol. The van der Waals surface area contributed by atoms with Gasteiger partial charge in [-0.1, -0.05) is 29.6 Å². The molecule has 0 aromatic heterocycles. The Labute approximate surface area is 129 Å². The number of nitrogens with two attached hydrogens (primary N) is 1. The van der Waals surface area contributed by atoms with Crippen LogP contribution in [0.4, 0.5) is 0 Å². The van der Waals surface area contributed by atoms with Crippen LogP contribution in [-0.2, 0) is 10.0 Å². The van der Waals surface area contributed by atoms with Crippen LogP contribution < -0.4 is 5.73 Å². The predicted molar refractivity (Wildman–Crippen MR) is 81.0 cm³/mol. The lowest BCUT2D eigenvalue weighted by molar-refractivity contribution is 0.308. The summed E-state index contributed by atoms with van der Waals surface area (Å²) in [6.07, 6.45) is 3.53. The van der Waals surface area contributed by atoms with Crippen molar-refractivity contribution in [2.75, 3.05) is 6.54 Å². The highest BCUT2D eigenvalue weighted by Crippen LogP contribution is 2.28. The van der Waals surface area contributed by atoms with Crippen molar-refractivity contribution >= 4 is 27.5 Å². The van der Waals surface area contributed by atoms with Crippen LogP contribution in [0.1, 0.15) is 25.7 Å². The van der Waals surface area contributed by atoms with Gasteiger partial charge in [0.2, 0.25) is 10.0 Å². The standard InChI is InChI=1S/C13H18ClN3O3S/c14-10-5-7-12(8-6-10)21(19,20)17(9-13(15)16-18)11-3-1-2-4-11/h5-8,11,18H,1-4,9H2,(H2,15,16). The summed E-state index contributed by atoms with van der Waals surface area (Å²) in [4.78, 5) is 0.157. The van der Waals surface area contributed by atoms with Gasteiger partial charge in [-0.2, -0.15) is 4.31 Å². The number of rotatable bonds is 5. The van der Waals surface area contributed by atoms with Crippen LogP contribution in [0, 0.1) is 0 Å². The zero-order valence-electron chi connectivity index (χ0n) is 11.4. The van der Waals surface area contributed by atoms with E-state index in [0.29, 0.717) is 5.02 Å². The van der Waals surface area contributed by atoms with Crippen molar-refractivity contribution in [1.29, 1.82) is 0 Å². The van der Waals surface area contributed by atoms with Crippen LogP contribution in [0.15, 0.2) is 34.3 Å². The number of hydrogen-bond acceptors (Lipinski definition) is 4. The van der Waals surface area contributed by atoms with E-state index in [0.717, 1.165) is 25.7 Å². The fraction of sp³-hybridized carbons (Fsp3) is 0.462. The molecule has 0 radical (unpaired) electrons. The molecule has 0 saturated heterocycles. The van der Waals surface area contributed by atoms with Gasteiger partial charge in [0.15, 0.2) is 5.84 Å². The lowest BCUT2D eigenvalue weighted by atomic mass is 10.2. The van der Waals surface area contributed by atoms with Gasteiger partial charge in [-0.3, -0.25) is 0 Å². The lowest BCUT2D eigenvalue weighted by Gasteiger charge is -2.27. The monoisotopic (exact) mass is 331 g/mol. The normalized spacial score (nSPS) is 17.5. The van der Waals surface area contributed by atoms with E-state index in [1.165, 1.54) is 28.6 Å². The second-order valence-electron chi connectivity index (χ2n) is 5.03. The summed E-state index contributed by atoms with van der Waals surface area (Å²) in [6.45, 7) is -0.119. The number of halogens is 1. The lowest BCUT2D eigenvalue weighted by Crippen LogP contribution is -2.44. The first-order chi connectivity index (χ1) is 9.95. The summed E-state index contributed by atoms with van der Waals surface area (Å²) in [5.74, 6) is -0.126. The summed E-state index contributed by atoms with van der Waals surface area (Å²) >= 11 is 5.79. The van der Waals surface area contributed by atoms with Crippen LogP contribution in [0.2, 0.25) is 5.02 Å². The van der Waals surface area contributed by atoms with Crippen LogP contribution in [-0.4, -0.2) is 36.4 Å². The highest BCUT2D eigenvalue weighted by Gasteiger charge is 2.33. The molecule has 1 aromatic carbocycles. The molecular weight excluding hydrogens is 314 g/mol. The van der Waals surface area contributed by atoms with E-state index in [-0.39, 0.29) is 23.3 Å². The molecule has 1 aliphatic rings. The van der Waals surface area contributed by atoms with Crippen molar-refractivity contribution < 1.29 is 13.6 Å². The van der Waals surface area contributed by atoms with Crippen molar-refractivity contribution in [3.8, 4) is 0 Å². The topological polar surface area (TPSA) is 96.0 Å². The van der Waals surface area contributed by atoms with E-state index in [4.69, 9.17) is 22.5 Å². The molecule has 1 aromatic rings. The van der Waals surface area contributed by atoms with E-state index in [1.54, 1.807) is 0 Å². The van der Waals surface area contributed by atoms with Crippen LogP contribution in [0.25, 0.3) is 0 Å². The Morgan fingerprint density at radius 3 is 2.43 bits per heavy atom. The second kappa shape index (κ2) is 6.64. The molecule has 8 heteroatoms. The molecule has 3 N–H and O–H groups in total. The van der Waals surface area contributed by atoms with E-state index in [2.05, 4.69) is 5.16 Å². The van der Waals surface area contributed by atoms with Crippen LogP contribution in [0.3, 0.4) is 0 Å². The molecule has 1 aliphatic carbocycles. The fourth-order valence-corrected chi connectivity index (χ4v) is 4.32. The molecule has 6 nitrogen and oxygen atoms in total. The summed E-state index contributed by atoms with van der Waals surface area (Å²) in [6, 6.07) is 5.87. The summed E-state index contributed by atoms with van der Waals surface area (Å²) < 4.78 is 26.9. The minimum absolute atomic E-state index is 0.119. The Morgan fingerprint density at radius 2 is 1.90 bits per heavy atom. The zero-order chi connectivity index (χ0) is 15.5. The summed E-state index contributed by atoms with van der Waals surface area (Å²) in [5.41, 5.74) is 5.51. The second-order valence-corrected chi connectivity index (χ2v) is 7.36. The maximum atomic E-state index is 12.8. The molecule has 0 bridgehead atoms. The van der Waals surface area contributed by atoms with Gasteiger partial charge in [-0.15, -0.1) is 0 Å². The number of hydrogen-bond donors (Lipinski definition) is 2. The van der Waals surface area contributed by atoms with Gasteiger partial charge in [-0.25, -0.2) is 8.42 Å². The molecule has 1 fully saturated rings. The third-order valence-corrected chi connectivity index (χ3v) is 5.76. The molecule has 0 aliphatic heterocycles. The van der Waals surface area contributed by atoms with E-state index >= 15 is 0 Å². The van der Waals surface area contributed by atoms with Gasteiger partial charge < -0.3 is 10.9 Å². The first-order valence-corrected chi connectivity index (χ1v) is 8.51. The van der Waals surface area contributed by atoms with Crippen molar-refractivity contribution in [3.63, 3.8) is 0 Å². The molecule has 2 rings (SSSR count). The van der Waals surface area contributed by atoms with Crippen LogP contribution in [0.5, 0.6) is 0 Å². The van der Waals surface area contributed by atoms with E-state index in [1.807, 2.05) is 0 Å². The number of oxime groups is 1. The number of benzene rings is 1. The van der Waals surface area contributed by atoms with Gasteiger partial charge in [0.05, 0.1) is 11.4 Å². The third-order valence-electron chi connectivity index (χ3n) is 3.60. The number of nitrogens with zero attached hydrogens (tertiary/aromatic N) is 2. The molecule has 0 spiro atoms. The first kappa shape index (κ1) is 16.1. The third kappa shape index (κ3) is 3.66. The van der Waals surface area contributed by atoms with Crippen molar-refractivity contribution in [1.82, 2.24) is 4.31 Å². The van der Waals surface area contributed by atoms with Crippen molar-refractivity contribution in [3.05, 3.63) is 29.3 Å². The largest absolute Gasteiger partial charge is 0.409 e. The molecule has 0 amide bonds. The highest BCUT2D eigenvalue weighted by molar-refractivity contribution is 7.89. The molecule has 116 valence electrons. The van der Waals surface area contributed by atoms with Gasteiger partial charge in [0, 0.05) is 11.1 Å².